The Bertz CT molecular complexity index is 1320. The number of likely N-dealkylation sites (tertiary alicyclic amines) is 1. The Labute approximate surface area is 205 Å². The van der Waals surface area contributed by atoms with E-state index in [1.807, 2.05) is 11.8 Å². The van der Waals surface area contributed by atoms with Crippen molar-refractivity contribution >= 4 is 16.9 Å². The number of esters is 1. The standard InChI is InChI=1S/C26H26F3NO6/c1-3-34-25(33)16-7-9-17(10-8-16)35-23-21(32)18-11-12-20(31)19(14-30-13-5-4-6-15(30)2)22(18)36-24(23)26(27,28)29/h7-12,15,31H,3-6,13-14H2,1-2H3/t15-/m1/s1. The molecule has 0 radical (unpaired) electrons. The summed E-state index contributed by atoms with van der Waals surface area (Å²) in [4.78, 5) is 27.1. The second-order valence-corrected chi connectivity index (χ2v) is 8.69. The molecule has 1 atom stereocenters. The van der Waals surface area contributed by atoms with Crippen molar-refractivity contribution in [3.05, 3.63) is 63.5 Å². The molecule has 0 spiro atoms. The van der Waals surface area contributed by atoms with E-state index in [0.29, 0.717) is 0 Å². The van der Waals surface area contributed by atoms with Gasteiger partial charge in [-0.1, -0.05) is 6.42 Å². The van der Waals surface area contributed by atoms with E-state index in [9.17, 15) is 27.9 Å². The number of phenols is 1. The largest absolute Gasteiger partial charge is 0.507 e. The van der Waals surface area contributed by atoms with Crippen LogP contribution in [0.15, 0.2) is 45.6 Å². The Hall–Kier alpha value is -3.53. The molecular formula is C26H26F3NO6. The van der Waals surface area contributed by atoms with Crippen LogP contribution in [0.1, 0.15) is 54.8 Å². The number of carbonyl (C=O) groups excluding carboxylic acids is 1. The third-order valence-electron chi connectivity index (χ3n) is 6.24. The fourth-order valence-corrected chi connectivity index (χ4v) is 4.31. The van der Waals surface area contributed by atoms with Crippen molar-refractivity contribution in [1.82, 2.24) is 4.90 Å². The van der Waals surface area contributed by atoms with Crippen molar-refractivity contribution in [2.75, 3.05) is 13.2 Å². The second kappa shape index (κ2) is 10.2. The molecule has 10 heteroatoms. The SMILES string of the molecule is CCOC(=O)c1ccc(Oc2c(C(F)(F)F)oc3c(CN4CCCC[C@H]4C)c(O)ccc3c2=O)cc1. The van der Waals surface area contributed by atoms with Gasteiger partial charge in [-0.05, 0) is 69.6 Å². The molecule has 0 amide bonds. The number of ether oxygens (including phenoxy) is 2. The highest BCUT2D eigenvalue weighted by atomic mass is 19.4. The van der Waals surface area contributed by atoms with Crippen LogP contribution in [0.4, 0.5) is 13.2 Å². The third-order valence-corrected chi connectivity index (χ3v) is 6.24. The molecule has 1 fully saturated rings. The van der Waals surface area contributed by atoms with Gasteiger partial charge in [0.05, 0.1) is 23.1 Å². The molecule has 2 heterocycles. The summed E-state index contributed by atoms with van der Waals surface area (Å²) in [5.41, 5.74) is -1.05. The van der Waals surface area contributed by atoms with Gasteiger partial charge in [0.1, 0.15) is 17.1 Å². The number of halogens is 3. The van der Waals surface area contributed by atoms with Crippen molar-refractivity contribution in [2.45, 2.75) is 51.9 Å². The minimum atomic E-state index is -5.05. The summed E-state index contributed by atoms with van der Waals surface area (Å²) in [6.45, 7) is 4.68. The fraction of sp³-hybridized carbons (Fsp3) is 0.385. The first-order valence-corrected chi connectivity index (χ1v) is 11.7. The lowest BCUT2D eigenvalue weighted by Crippen LogP contribution is -2.36. The summed E-state index contributed by atoms with van der Waals surface area (Å²) < 4.78 is 57.6. The number of aromatic hydroxyl groups is 1. The van der Waals surface area contributed by atoms with Crippen LogP contribution in [0.2, 0.25) is 0 Å². The number of piperidine rings is 1. The highest BCUT2D eigenvalue weighted by Crippen LogP contribution is 2.40. The van der Waals surface area contributed by atoms with Crippen molar-refractivity contribution in [3.8, 4) is 17.2 Å². The average Bonchev–Trinajstić information content (AvgIpc) is 2.83. The van der Waals surface area contributed by atoms with Gasteiger partial charge < -0.3 is 19.0 Å². The van der Waals surface area contributed by atoms with Gasteiger partial charge in [-0.2, -0.15) is 13.2 Å². The van der Waals surface area contributed by atoms with E-state index < -0.39 is 29.1 Å². The highest BCUT2D eigenvalue weighted by molar-refractivity contribution is 5.89. The summed E-state index contributed by atoms with van der Waals surface area (Å²) in [7, 11) is 0. The van der Waals surface area contributed by atoms with Gasteiger partial charge in [0, 0.05) is 12.6 Å². The Morgan fingerprint density at radius 2 is 1.89 bits per heavy atom. The first-order valence-electron chi connectivity index (χ1n) is 11.7. The molecule has 0 bridgehead atoms. The smallest absolute Gasteiger partial charge is 0.453 e. The lowest BCUT2D eigenvalue weighted by atomic mass is 10.0. The zero-order valence-corrected chi connectivity index (χ0v) is 19.9. The number of phenolic OH excluding ortho intramolecular Hbond substituents is 1. The molecule has 0 saturated carbocycles. The molecule has 1 aromatic heterocycles. The number of benzene rings is 2. The van der Waals surface area contributed by atoms with Crippen molar-refractivity contribution in [3.63, 3.8) is 0 Å². The van der Waals surface area contributed by atoms with Crippen LogP contribution in [0.25, 0.3) is 11.0 Å². The maximum absolute atomic E-state index is 14.0. The second-order valence-electron chi connectivity index (χ2n) is 8.69. The number of hydrogen-bond acceptors (Lipinski definition) is 7. The molecule has 1 saturated heterocycles. The third kappa shape index (κ3) is 5.18. The number of rotatable bonds is 6. The van der Waals surface area contributed by atoms with Gasteiger partial charge in [0.2, 0.25) is 11.2 Å². The van der Waals surface area contributed by atoms with E-state index in [-0.39, 0.29) is 52.8 Å². The van der Waals surface area contributed by atoms with Gasteiger partial charge in [-0.25, -0.2) is 4.79 Å². The number of carbonyl (C=O) groups is 1. The molecule has 1 N–H and O–H groups in total. The summed E-state index contributed by atoms with van der Waals surface area (Å²) in [6, 6.07) is 7.82. The Balaban J connectivity index is 1.78. The van der Waals surface area contributed by atoms with Crippen LogP contribution in [0.5, 0.6) is 17.2 Å². The molecule has 3 aromatic rings. The molecule has 36 heavy (non-hydrogen) atoms. The summed E-state index contributed by atoms with van der Waals surface area (Å²) >= 11 is 0. The maximum Gasteiger partial charge on any atom is 0.453 e. The first-order chi connectivity index (χ1) is 17.1. The van der Waals surface area contributed by atoms with Gasteiger partial charge in [-0.15, -0.1) is 0 Å². The predicted octanol–water partition coefficient (Wildman–Crippen LogP) is 5.86. The van der Waals surface area contributed by atoms with E-state index in [1.54, 1.807) is 6.92 Å². The Morgan fingerprint density at radius 3 is 2.53 bits per heavy atom. The van der Waals surface area contributed by atoms with Crippen molar-refractivity contribution < 1.29 is 37.0 Å². The van der Waals surface area contributed by atoms with Crippen LogP contribution in [-0.2, 0) is 17.5 Å². The molecule has 7 nitrogen and oxygen atoms in total. The lowest BCUT2D eigenvalue weighted by Gasteiger charge is -2.33. The fourth-order valence-electron chi connectivity index (χ4n) is 4.31. The summed E-state index contributed by atoms with van der Waals surface area (Å²) in [5.74, 6) is -3.57. The molecule has 0 aliphatic carbocycles. The van der Waals surface area contributed by atoms with Gasteiger partial charge in [-0.3, -0.25) is 9.69 Å². The molecule has 1 aliphatic rings. The van der Waals surface area contributed by atoms with E-state index in [2.05, 4.69) is 0 Å². The zero-order valence-electron chi connectivity index (χ0n) is 19.9. The topological polar surface area (TPSA) is 89.2 Å². The number of hydrogen-bond donors (Lipinski definition) is 1. The quantitative estimate of drug-likeness (QED) is 0.420. The minimum absolute atomic E-state index is 0.0960. The predicted molar refractivity (Wildman–Crippen MR) is 125 cm³/mol. The van der Waals surface area contributed by atoms with Crippen LogP contribution >= 0.6 is 0 Å². The van der Waals surface area contributed by atoms with Crippen molar-refractivity contribution in [2.24, 2.45) is 0 Å². The Kier molecular flexibility index (Phi) is 7.26. The molecule has 2 aromatic carbocycles. The maximum atomic E-state index is 14.0. The molecule has 0 unspecified atom stereocenters. The lowest BCUT2D eigenvalue weighted by molar-refractivity contribution is -0.154. The zero-order chi connectivity index (χ0) is 26.0. The van der Waals surface area contributed by atoms with Crippen LogP contribution in [0.3, 0.4) is 0 Å². The van der Waals surface area contributed by atoms with Crippen LogP contribution < -0.4 is 10.2 Å². The number of alkyl halides is 3. The monoisotopic (exact) mass is 505 g/mol. The minimum Gasteiger partial charge on any atom is -0.507 e. The highest BCUT2D eigenvalue weighted by Gasteiger charge is 2.41. The first kappa shape index (κ1) is 25.6. The van der Waals surface area contributed by atoms with Crippen LogP contribution in [0, 0.1) is 0 Å². The van der Waals surface area contributed by atoms with Gasteiger partial charge in [0.25, 0.3) is 5.76 Å². The molecule has 4 rings (SSSR count). The van der Waals surface area contributed by atoms with E-state index >= 15 is 0 Å². The summed E-state index contributed by atoms with van der Waals surface area (Å²) in [6.07, 6.45) is -2.14. The van der Waals surface area contributed by atoms with E-state index in [0.717, 1.165) is 25.8 Å². The summed E-state index contributed by atoms with van der Waals surface area (Å²) in [5, 5.41) is 10.3. The molecule has 192 valence electrons. The van der Waals surface area contributed by atoms with Crippen molar-refractivity contribution in [1.29, 1.82) is 0 Å². The number of fused-ring (bicyclic) bond motifs is 1. The van der Waals surface area contributed by atoms with Gasteiger partial charge >= 0.3 is 12.1 Å². The average molecular weight is 505 g/mol. The Morgan fingerprint density at radius 1 is 1.17 bits per heavy atom. The van der Waals surface area contributed by atoms with Gasteiger partial charge in [0.15, 0.2) is 0 Å². The van der Waals surface area contributed by atoms with Crippen LogP contribution in [-0.4, -0.2) is 35.2 Å². The molecule has 1 aliphatic heterocycles. The molecular weight excluding hydrogens is 479 g/mol. The van der Waals surface area contributed by atoms with E-state index in [1.165, 1.54) is 36.4 Å². The number of nitrogens with zero attached hydrogens (tertiary/aromatic N) is 1. The normalized spacial score (nSPS) is 16.8. The van der Waals surface area contributed by atoms with E-state index in [4.69, 9.17) is 13.9 Å².